The molecule has 0 rings (SSSR count). The van der Waals surface area contributed by atoms with Crippen LogP contribution in [0.5, 0.6) is 0 Å². The topological polar surface area (TPSA) is 113 Å². The van der Waals surface area contributed by atoms with E-state index in [9.17, 15) is 14.3 Å². The van der Waals surface area contributed by atoms with Gasteiger partial charge in [0.05, 0.1) is 19.6 Å². The van der Waals surface area contributed by atoms with E-state index in [0.29, 0.717) is 6.54 Å². The molecule has 0 aromatic rings. The maximum absolute atomic E-state index is 11.3. The number of phosphoric acid groups is 1. The van der Waals surface area contributed by atoms with E-state index in [1.807, 2.05) is 25.2 Å². The van der Waals surface area contributed by atoms with E-state index < -0.39 is 13.8 Å². The molecule has 21 heavy (non-hydrogen) atoms. The van der Waals surface area contributed by atoms with Crippen molar-refractivity contribution in [3.8, 4) is 0 Å². The number of hydrogen-bond acceptors (Lipinski definition) is 6. The second kappa shape index (κ2) is 12.7. The summed E-state index contributed by atoms with van der Waals surface area (Å²) in [5.41, 5.74) is 3.44. The summed E-state index contributed by atoms with van der Waals surface area (Å²) in [6.45, 7) is 1.95. The van der Waals surface area contributed by atoms with Crippen LogP contribution in [-0.4, -0.2) is 32.3 Å². The standard InChI is InChI=1S/C13H24NO6P/c1-2-3-4-5-6-7-8-13(15)18-11-12-20-21(16,17)19-10-9-14/h3-4,6-7H,2,5,8-12,14H2,1H3,(H,16,17)/b4-3+,7-6+. The first kappa shape index (κ1) is 20.0. The van der Waals surface area contributed by atoms with Crippen molar-refractivity contribution in [2.45, 2.75) is 26.2 Å². The van der Waals surface area contributed by atoms with Gasteiger partial charge >= 0.3 is 5.97 Å². The number of quaternary nitrogens is 1. The number of carbonyl (C=O) groups is 1. The number of esters is 1. The highest BCUT2D eigenvalue weighted by Gasteiger charge is 2.09. The molecule has 0 amide bonds. The molecule has 0 saturated carbocycles. The molecule has 0 aliphatic heterocycles. The fourth-order valence-corrected chi connectivity index (χ4v) is 1.92. The summed E-state index contributed by atoms with van der Waals surface area (Å²) in [5.74, 6) is -0.436. The largest absolute Gasteiger partial charge is 0.756 e. The fourth-order valence-electron chi connectivity index (χ4n) is 1.19. The van der Waals surface area contributed by atoms with Crippen molar-refractivity contribution in [3.05, 3.63) is 24.3 Å². The summed E-state index contributed by atoms with van der Waals surface area (Å²) in [5, 5.41) is 0. The molecular formula is C13H24NO6P. The van der Waals surface area contributed by atoms with Gasteiger partial charge in [-0.2, -0.15) is 0 Å². The van der Waals surface area contributed by atoms with Crippen LogP contribution in [0.1, 0.15) is 26.2 Å². The van der Waals surface area contributed by atoms with E-state index >= 15 is 0 Å². The van der Waals surface area contributed by atoms with Gasteiger partial charge in [-0.15, -0.1) is 0 Å². The summed E-state index contributed by atoms with van der Waals surface area (Å²) in [7, 11) is -4.31. The Morgan fingerprint density at radius 1 is 1.14 bits per heavy atom. The molecule has 3 N–H and O–H groups in total. The van der Waals surface area contributed by atoms with Crippen molar-refractivity contribution in [1.82, 2.24) is 0 Å². The van der Waals surface area contributed by atoms with Crippen molar-refractivity contribution in [3.63, 3.8) is 0 Å². The average Bonchev–Trinajstić information content (AvgIpc) is 2.45. The van der Waals surface area contributed by atoms with Gasteiger partial charge in [0, 0.05) is 0 Å². The lowest BCUT2D eigenvalue weighted by Crippen LogP contribution is -2.52. The van der Waals surface area contributed by atoms with Gasteiger partial charge in [-0.25, -0.2) is 0 Å². The SMILES string of the molecule is CC/C=C/C/C=C/CC(=O)OCCOP(=O)([O-])OCC[NH3+]. The Hall–Kier alpha value is -0.980. The first-order valence-corrected chi connectivity index (χ1v) is 8.33. The van der Waals surface area contributed by atoms with E-state index in [1.54, 1.807) is 6.08 Å². The van der Waals surface area contributed by atoms with Gasteiger partial charge in [-0.05, 0) is 12.8 Å². The molecule has 0 aliphatic carbocycles. The summed E-state index contributed by atoms with van der Waals surface area (Å²) in [6.07, 6.45) is 9.52. The number of ether oxygens (including phenoxy) is 1. The van der Waals surface area contributed by atoms with Crippen LogP contribution in [0, 0.1) is 0 Å². The van der Waals surface area contributed by atoms with Gasteiger partial charge in [0.2, 0.25) is 0 Å². The Morgan fingerprint density at radius 2 is 1.81 bits per heavy atom. The molecule has 0 heterocycles. The normalized spacial score (nSPS) is 14.6. The molecule has 0 fully saturated rings. The second-order valence-corrected chi connectivity index (χ2v) is 5.39. The predicted molar refractivity (Wildman–Crippen MR) is 76.0 cm³/mol. The van der Waals surface area contributed by atoms with Gasteiger partial charge in [0.25, 0.3) is 7.82 Å². The zero-order valence-corrected chi connectivity index (χ0v) is 13.3. The van der Waals surface area contributed by atoms with Crippen molar-refractivity contribution >= 4 is 13.8 Å². The second-order valence-electron chi connectivity index (χ2n) is 3.98. The van der Waals surface area contributed by atoms with Crippen LogP contribution >= 0.6 is 7.82 Å². The smallest absolute Gasteiger partial charge is 0.309 e. The lowest BCUT2D eigenvalue weighted by molar-refractivity contribution is -0.373. The van der Waals surface area contributed by atoms with E-state index in [1.165, 1.54) is 0 Å². The lowest BCUT2D eigenvalue weighted by Gasteiger charge is -2.21. The van der Waals surface area contributed by atoms with Gasteiger partial charge in [-0.1, -0.05) is 31.2 Å². The van der Waals surface area contributed by atoms with Crippen LogP contribution in [0.25, 0.3) is 0 Å². The van der Waals surface area contributed by atoms with Crippen molar-refractivity contribution in [2.75, 3.05) is 26.4 Å². The van der Waals surface area contributed by atoms with Crippen LogP contribution in [-0.2, 0) is 23.1 Å². The van der Waals surface area contributed by atoms with Crippen LogP contribution in [0.15, 0.2) is 24.3 Å². The molecule has 1 atom stereocenters. The minimum absolute atomic E-state index is 0.0299. The molecule has 0 radical (unpaired) electrons. The highest BCUT2D eigenvalue weighted by Crippen LogP contribution is 2.37. The highest BCUT2D eigenvalue weighted by molar-refractivity contribution is 7.45. The van der Waals surface area contributed by atoms with Crippen LogP contribution in [0.3, 0.4) is 0 Å². The molecule has 0 spiro atoms. The van der Waals surface area contributed by atoms with Gasteiger partial charge < -0.3 is 24.4 Å². The third-order valence-corrected chi connectivity index (χ3v) is 3.11. The van der Waals surface area contributed by atoms with Crippen LogP contribution in [0.4, 0.5) is 0 Å². The molecule has 0 saturated heterocycles. The van der Waals surface area contributed by atoms with Crippen molar-refractivity contribution in [1.29, 1.82) is 0 Å². The van der Waals surface area contributed by atoms with Gasteiger partial charge in [-0.3, -0.25) is 9.36 Å². The van der Waals surface area contributed by atoms with E-state index in [4.69, 9.17) is 4.74 Å². The Kier molecular flexibility index (Phi) is 12.1. The van der Waals surface area contributed by atoms with E-state index in [-0.39, 0.29) is 26.2 Å². The lowest BCUT2D eigenvalue weighted by atomic mass is 10.3. The minimum Gasteiger partial charge on any atom is -0.756 e. The van der Waals surface area contributed by atoms with Gasteiger partial charge in [0.15, 0.2) is 0 Å². The number of hydrogen-bond donors (Lipinski definition) is 1. The average molecular weight is 321 g/mol. The molecule has 0 aromatic heterocycles. The summed E-state index contributed by atoms with van der Waals surface area (Å²) in [6, 6.07) is 0. The Labute approximate surface area is 125 Å². The third-order valence-electron chi connectivity index (χ3n) is 2.12. The predicted octanol–water partition coefficient (Wildman–Crippen LogP) is 0.576. The van der Waals surface area contributed by atoms with Crippen molar-refractivity contribution < 1.29 is 33.8 Å². The number of phosphoric ester groups is 1. The van der Waals surface area contributed by atoms with Crippen molar-refractivity contribution in [2.24, 2.45) is 0 Å². The summed E-state index contributed by atoms with van der Waals surface area (Å²) < 4.78 is 24.9. The quantitative estimate of drug-likeness (QED) is 0.243. The molecular weight excluding hydrogens is 297 g/mol. The molecule has 0 aromatic carbocycles. The number of rotatable bonds is 12. The van der Waals surface area contributed by atoms with E-state index in [2.05, 4.69) is 14.8 Å². The van der Waals surface area contributed by atoms with Gasteiger partial charge in [0.1, 0.15) is 13.2 Å². The summed E-state index contributed by atoms with van der Waals surface area (Å²) in [4.78, 5) is 22.4. The highest BCUT2D eigenvalue weighted by atomic mass is 31.2. The third kappa shape index (κ3) is 13.7. The van der Waals surface area contributed by atoms with Crippen LogP contribution in [0.2, 0.25) is 0 Å². The van der Waals surface area contributed by atoms with Crippen LogP contribution < -0.4 is 10.6 Å². The molecule has 1 unspecified atom stereocenters. The molecule has 0 bridgehead atoms. The first-order valence-electron chi connectivity index (χ1n) is 6.86. The first-order chi connectivity index (χ1) is 10.0. The Morgan fingerprint density at radius 3 is 2.48 bits per heavy atom. The summed E-state index contributed by atoms with van der Waals surface area (Å²) >= 11 is 0. The molecule has 0 aliphatic rings. The molecule has 8 heteroatoms. The molecule has 122 valence electrons. The molecule has 7 nitrogen and oxygen atoms in total. The Balaban J connectivity index is 3.66. The van der Waals surface area contributed by atoms with E-state index in [0.717, 1.165) is 12.8 Å². The fraction of sp³-hybridized carbons (Fsp3) is 0.615. The number of allylic oxidation sites excluding steroid dienone is 3. The number of carbonyl (C=O) groups excluding carboxylic acids is 1. The maximum atomic E-state index is 11.3. The Bertz CT molecular complexity index is 383. The zero-order chi connectivity index (χ0) is 16.0. The minimum atomic E-state index is -4.31. The monoisotopic (exact) mass is 321 g/mol. The zero-order valence-electron chi connectivity index (χ0n) is 12.4. The maximum Gasteiger partial charge on any atom is 0.309 e.